The Labute approximate surface area is 122 Å². The van der Waals surface area contributed by atoms with Crippen molar-refractivity contribution < 1.29 is 4.74 Å². The van der Waals surface area contributed by atoms with Crippen LogP contribution >= 0.6 is 0 Å². The second kappa shape index (κ2) is 5.74. The van der Waals surface area contributed by atoms with Crippen LogP contribution in [0, 0.1) is 12.3 Å². The molecule has 0 amide bonds. The number of methoxy groups -OCH3 is 1. The van der Waals surface area contributed by atoms with Crippen LogP contribution in [0.4, 0.5) is 0 Å². The van der Waals surface area contributed by atoms with E-state index in [1.807, 2.05) is 14.0 Å². The van der Waals surface area contributed by atoms with Gasteiger partial charge in [-0.05, 0) is 38.3 Å². The van der Waals surface area contributed by atoms with Gasteiger partial charge >= 0.3 is 0 Å². The summed E-state index contributed by atoms with van der Waals surface area (Å²) in [6, 6.07) is 0.203. The van der Waals surface area contributed by atoms with E-state index >= 15 is 0 Å². The SMILES string of the molecule is COc1c(C(CN)N2CCC(C)(C)CC2)c(C)nn1C. The molecular weight excluding hydrogens is 252 g/mol. The Hall–Kier alpha value is -1.07. The van der Waals surface area contributed by atoms with Gasteiger partial charge in [0.15, 0.2) is 0 Å². The molecule has 1 aliphatic rings. The summed E-state index contributed by atoms with van der Waals surface area (Å²) in [4.78, 5) is 2.48. The van der Waals surface area contributed by atoms with Gasteiger partial charge in [0.2, 0.25) is 5.88 Å². The lowest BCUT2D eigenvalue weighted by Gasteiger charge is -2.40. The highest BCUT2D eigenvalue weighted by molar-refractivity contribution is 5.34. The topological polar surface area (TPSA) is 56.3 Å². The normalized spacial score (nSPS) is 20.9. The highest BCUT2D eigenvalue weighted by Crippen LogP contribution is 2.37. The van der Waals surface area contributed by atoms with E-state index in [1.54, 1.807) is 11.8 Å². The fraction of sp³-hybridized carbons (Fsp3) is 0.800. The molecule has 2 N–H and O–H groups in total. The smallest absolute Gasteiger partial charge is 0.216 e. The predicted molar refractivity (Wildman–Crippen MR) is 80.9 cm³/mol. The number of aromatic nitrogens is 2. The van der Waals surface area contributed by atoms with Gasteiger partial charge in [-0.15, -0.1) is 0 Å². The Bertz CT molecular complexity index is 457. The number of hydrogen-bond acceptors (Lipinski definition) is 4. The summed E-state index contributed by atoms with van der Waals surface area (Å²) in [5.74, 6) is 0.836. The number of piperidine rings is 1. The second-order valence-electron chi connectivity index (χ2n) is 6.58. The maximum absolute atomic E-state index is 6.07. The van der Waals surface area contributed by atoms with Crippen molar-refractivity contribution in [2.75, 3.05) is 26.7 Å². The highest BCUT2D eigenvalue weighted by Gasteiger charge is 2.32. The Morgan fingerprint density at radius 1 is 1.35 bits per heavy atom. The zero-order chi connectivity index (χ0) is 14.9. The van der Waals surface area contributed by atoms with Gasteiger partial charge in [-0.25, -0.2) is 4.68 Å². The summed E-state index contributed by atoms with van der Waals surface area (Å²) in [5.41, 5.74) is 8.69. The van der Waals surface area contributed by atoms with Crippen LogP contribution in [-0.4, -0.2) is 41.4 Å². The summed E-state index contributed by atoms with van der Waals surface area (Å²) in [7, 11) is 3.62. The third-order valence-corrected chi connectivity index (χ3v) is 4.56. The van der Waals surface area contributed by atoms with Crippen molar-refractivity contribution in [3.8, 4) is 5.88 Å². The minimum Gasteiger partial charge on any atom is -0.481 e. The van der Waals surface area contributed by atoms with Gasteiger partial charge in [-0.3, -0.25) is 4.90 Å². The monoisotopic (exact) mass is 280 g/mol. The van der Waals surface area contributed by atoms with Crippen molar-refractivity contribution in [3.05, 3.63) is 11.3 Å². The molecule has 1 aliphatic heterocycles. The molecule has 0 aliphatic carbocycles. The van der Waals surface area contributed by atoms with Crippen LogP contribution in [0.3, 0.4) is 0 Å². The average Bonchev–Trinajstić information content (AvgIpc) is 2.67. The van der Waals surface area contributed by atoms with Crippen LogP contribution in [0.2, 0.25) is 0 Å². The molecule has 1 saturated heterocycles. The zero-order valence-corrected chi connectivity index (χ0v) is 13.4. The average molecular weight is 280 g/mol. The molecule has 5 heteroatoms. The molecule has 0 aromatic carbocycles. The first kappa shape index (κ1) is 15.3. The number of aryl methyl sites for hydroxylation is 2. The number of nitrogens with two attached hydrogens (primary N) is 1. The first-order chi connectivity index (χ1) is 9.39. The fourth-order valence-corrected chi connectivity index (χ4v) is 3.17. The van der Waals surface area contributed by atoms with Crippen molar-refractivity contribution in [1.82, 2.24) is 14.7 Å². The third kappa shape index (κ3) is 2.83. The first-order valence-corrected chi connectivity index (χ1v) is 7.41. The van der Waals surface area contributed by atoms with Crippen LogP contribution in [-0.2, 0) is 7.05 Å². The van der Waals surface area contributed by atoms with Gasteiger partial charge in [0.1, 0.15) is 0 Å². The molecule has 0 saturated carbocycles. The van der Waals surface area contributed by atoms with E-state index < -0.39 is 0 Å². The van der Waals surface area contributed by atoms with Gasteiger partial charge in [0.25, 0.3) is 0 Å². The Balaban J connectivity index is 2.25. The molecule has 1 atom stereocenters. The number of hydrogen-bond donors (Lipinski definition) is 1. The van der Waals surface area contributed by atoms with E-state index in [2.05, 4.69) is 23.8 Å². The quantitative estimate of drug-likeness (QED) is 0.914. The van der Waals surface area contributed by atoms with E-state index in [9.17, 15) is 0 Å². The maximum atomic E-state index is 6.07. The van der Waals surface area contributed by atoms with E-state index in [4.69, 9.17) is 10.5 Å². The molecule has 5 nitrogen and oxygen atoms in total. The van der Waals surface area contributed by atoms with Crippen molar-refractivity contribution in [2.24, 2.45) is 18.2 Å². The molecule has 2 rings (SSSR count). The zero-order valence-electron chi connectivity index (χ0n) is 13.4. The van der Waals surface area contributed by atoms with Crippen LogP contribution in [0.15, 0.2) is 0 Å². The Kier molecular flexibility index (Phi) is 4.39. The Morgan fingerprint density at radius 3 is 2.45 bits per heavy atom. The summed E-state index contributed by atoms with van der Waals surface area (Å²) >= 11 is 0. The molecule has 1 unspecified atom stereocenters. The van der Waals surface area contributed by atoms with Crippen LogP contribution in [0.25, 0.3) is 0 Å². The number of rotatable bonds is 4. The largest absolute Gasteiger partial charge is 0.481 e. The van der Waals surface area contributed by atoms with E-state index in [-0.39, 0.29) is 6.04 Å². The number of likely N-dealkylation sites (tertiary alicyclic amines) is 1. The molecule has 0 spiro atoms. The third-order valence-electron chi connectivity index (χ3n) is 4.56. The molecule has 1 aromatic heterocycles. The van der Waals surface area contributed by atoms with Gasteiger partial charge in [0, 0.05) is 13.6 Å². The van der Waals surface area contributed by atoms with Crippen LogP contribution in [0.1, 0.15) is 44.0 Å². The fourth-order valence-electron chi connectivity index (χ4n) is 3.17. The van der Waals surface area contributed by atoms with Crippen molar-refractivity contribution >= 4 is 0 Å². The van der Waals surface area contributed by atoms with Crippen molar-refractivity contribution in [3.63, 3.8) is 0 Å². The molecule has 20 heavy (non-hydrogen) atoms. The molecule has 114 valence electrons. The van der Waals surface area contributed by atoms with Gasteiger partial charge in [-0.1, -0.05) is 13.8 Å². The lowest BCUT2D eigenvalue weighted by molar-refractivity contribution is 0.0949. The molecule has 2 heterocycles. The summed E-state index contributed by atoms with van der Waals surface area (Å²) in [5, 5.41) is 4.48. The molecule has 0 radical (unpaired) electrons. The molecule has 0 bridgehead atoms. The predicted octanol–water partition coefficient (Wildman–Crippen LogP) is 1.86. The van der Waals surface area contributed by atoms with Gasteiger partial charge < -0.3 is 10.5 Å². The van der Waals surface area contributed by atoms with E-state index in [0.717, 1.165) is 30.2 Å². The lowest BCUT2D eigenvalue weighted by atomic mass is 9.82. The number of ether oxygens (including phenoxy) is 1. The summed E-state index contributed by atoms with van der Waals surface area (Å²) in [6.07, 6.45) is 2.43. The van der Waals surface area contributed by atoms with Crippen LogP contribution in [0.5, 0.6) is 5.88 Å². The van der Waals surface area contributed by atoms with E-state index in [0.29, 0.717) is 12.0 Å². The lowest BCUT2D eigenvalue weighted by Crippen LogP contribution is -2.42. The number of nitrogens with zero attached hydrogens (tertiary/aromatic N) is 3. The molecular formula is C15H28N4O. The minimum atomic E-state index is 0.203. The second-order valence-corrected chi connectivity index (χ2v) is 6.58. The molecule has 1 aromatic rings. The van der Waals surface area contributed by atoms with Gasteiger partial charge in [0.05, 0.1) is 24.4 Å². The summed E-state index contributed by atoms with van der Waals surface area (Å²) < 4.78 is 7.34. The Morgan fingerprint density at radius 2 is 1.95 bits per heavy atom. The first-order valence-electron chi connectivity index (χ1n) is 7.41. The van der Waals surface area contributed by atoms with Crippen molar-refractivity contribution in [2.45, 2.75) is 39.7 Å². The van der Waals surface area contributed by atoms with Crippen LogP contribution < -0.4 is 10.5 Å². The summed E-state index contributed by atoms with van der Waals surface area (Å²) in [6.45, 7) is 9.51. The van der Waals surface area contributed by atoms with Crippen molar-refractivity contribution in [1.29, 1.82) is 0 Å². The van der Waals surface area contributed by atoms with Gasteiger partial charge in [-0.2, -0.15) is 5.10 Å². The molecule has 1 fully saturated rings. The highest BCUT2D eigenvalue weighted by atomic mass is 16.5. The standard InChI is InChI=1S/C15H28N4O/c1-11-13(14(20-5)18(4)17-11)12(10-16)19-8-6-15(2,3)7-9-19/h12H,6-10,16H2,1-5H3. The minimum absolute atomic E-state index is 0.203. The maximum Gasteiger partial charge on any atom is 0.216 e. The van der Waals surface area contributed by atoms with E-state index in [1.165, 1.54) is 12.8 Å².